The lowest BCUT2D eigenvalue weighted by Crippen LogP contribution is -2.30. The molecule has 6 nitrogen and oxygen atoms in total. The van der Waals surface area contributed by atoms with Crippen LogP contribution in [0.15, 0.2) is 42.5 Å². The van der Waals surface area contributed by atoms with Crippen molar-refractivity contribution in [3.8, 4) is 5.75 Å². The summed E-state index contributed by atoms with van der Waals surface area (Å²) in [5, 5.41) is 12.1. The highest BCUT2D eigenvalue weighted by Gasteiger charge is 2.35. The predicted octanol–water partition coefficient (Wildman–Crippen LogP) is 5.02. The summed E-state index contributed by atoms with van der Waals surface area (Å²) < 4.78 is 24.7. The Bertz CT molecular complexity index is 886. The van der Waals surface area contributed by atoms with Crippen LogP contribution in [0.25, 0.3) is 0 Å². The number of benzene rings is 2. The summed E-state index contributed by atoms with van der Waals surface area (Å²) in [6.45, 7) is 5.65. The standard InChI is InChI=1S/C22H26FNO5S/c1-14-4-7-16(8-5-14)24-21(27)29-20(15-6-9-18(25)17(23)12-15)22(2,3)10-11-28-19(26)13-30/h4-9,12,20,25,30H,10-11,13H2,1-3H3,(H,24,27)/t20-/m1/s1. The second-order valence-corrected chi connectivity index (χ2v) is 7.92. The number of nitrogens with one attached hydrogen (secondary N) is 1. The van der Waals surface area contributed by atoms with Crippen molar-refractivity contribution in [2.75, 3.05) is 17.7 Å². The molecular formula is C22H26FNO5S. The molecule has 0 aliphatic rings. The van der Waals surface area contributed by atoms with E-state index in [0.29, 0.717) is 17.7 Å². The van der Waals surface area contributed by atoms with Gasteiger partial charge in [0.1, 0.15) is 6.10 Å². The average Bonchev–Trinajstić information content (AvgIpc) is 2.69. The molecule has 0 fully saturated rings. The molecule has 2 N–H and O–H groups in total. The first-order valence-electron chi connectivity index (χ1n) is 9.41. The minimum absolute atomic E-state index is 0.0392. The van der Waals surface area contributed by atoms with E-state index in [1.165, 1.54) is 12.1 Å². The van der Waals surface area contributed by atoms with Gasteiger partial charge in [0.05, 0.1) is 12.4 Å². The van der Waals surface area contributed by atoms with Crippen LogP contribution in [-0.4, -0.2) is 29.5 Å². The molecule has 0 saturated heterocycles. The largest absolute Gasteiger partial charge is 0.505 e. The van der Waals surface area contributed by atoms with Crippen molar-refractivity contribution < 1.29 is 28.6 Å². The minimum atomic E-state index is -0.868. The van der Waals surface area contributed by atoms with E-state index in [4.69, 9.17) is 9.47 Å². The number of carbonyl (C=O) groups is 2. The van der Waals surface area contributed by atoms with Crippen molar-refractivity contribution in [1.82, 2.24) is 0 Å². The highest BCUT2D eigenvalue weighted by atomic mass is 32.1. The molecule has 1 amide bonds. The molecule has 0 saturated carbocycles. The van der Waals surface area contributed by atoms with Gasteiger partial charge in [0, 0.05) is 11.1 Å². The molecule has 8 heteroatoms. The third-order valence-electron chi connectivity index (χ3n) is 4.65. The van der Waals surface area contributed by atoms with E-state index in [2.05, 4.69) is 17.9 Å². The zero-order valence-corrected chi connectivity index (χ0v) is 18.0. The van der Waals surface area contributed by atoms with Crippen LogP contribution in [-0.2, 0) is 14.3 Å². The van der Waals surface area contributed by atoms with Gasteiger partial charge in [-0.25, -0.2) is 9.18 Å². The Balaban J connectivity index is 2.21. The summed E-state index contributed by atoms with van der Waals surface area (Å²) in [4.78, 5) is 23.9. The normalized spacial score (nSPS) is 12.2. The lowest BCUT2D eigenvalue weighted by Gasteiger charge is -2.34. The smallest absolute Gasteiger partial charge is 0.412 e. The molecule has 0 unspecified atom stereocenters. The first-order valence-corrected chi connectivity index (χ1v) is 10.0. The number of anilines is 1. The van der Waals surface area contributed by atoms with Crippen molar-refractivity contribution in [2.24, 2.45) is 5.41 Å². The first kappa shape index (κ1) is 23.5. The summed E-state index contributed by atoms with van der Waals surface area (Å²) in [5.74, 6) is -1.82. The molecule has 0 aliphatic carbocycles. The third-order valence-corrected chi connectivity index (χ3v) is 4.90. The first-order chi connectivity index (χ1) is 14.1. The van der Waals surface area contributed by atoms with Gasteiger partial charge in [-0.1, -0.05) is 37.6 Å². The number of phenolic OH excluding ortho intramolecular Hbond substituents is 1. The summed E-state index contributed by atoms with van der Waals surface area (Å²) in [6, 6.07) is 11.0. The highest BCUT2D eigenvalue weighted by molar-refractivity contribution is 7.81. The monoisotopic (exact) mass is 435 g/mol. The Labute approximate surface area is 180 Å². The molecule has 2 aromatic carbocycles. The predicted molar refractivity (Wildman–Crippen MR) is 115 cm³/mol. The minimum Gasteiger partial charge on any atom is -0.505 e. The molecule has 2 rings (SSSR count). The zero-order valence-electron chi connectivity index (χ0n) is 17.1. The number of carbonyl (C=O) groups excluding carboxylic acids is 2. The number of hydrogen-bond donors (Lipinski definition) is 3. The van der Waals surface area contributed by atoms with Gasteiger partial charge < -0.3 is 14.6 Å². The second kappa shape index (κ2) is 10.3. The summed E-state index contributed by atoms with van der Waals surface area (Å²) in [7, 11) is 0. The molecule has 0 aromatic heterocycles. The molecule has 0 bridgehead atoms. The van der Waals surface area contributed by atoms with E-state index in [-0.39, 0.29) is 12.4 Å². The number of hydrogen-bond acceptors (Lipinski definition) is 6. The fourth-order valence-corrected chi connectivity index (χ4v) is 2.95. The molecule has 2 aromatic rings. The number of halogens is 1. The number of thiol groups is 1. The Hall–Kier alpha value is -2.74. The zero-order chi connectivity index (χ0) is 22.3. The molecule has 0 spiro atoms. The maximum Gasteiger partial charge on any atom is 0.412 e. The topological polar surface area (TPSA) is 84.9 Å². The molecular weight excluding hydrogens is 409 g/mol. The maximum absolute atomic E-state index is 14.0. The van der Waals surface area contributed by atoms with Crippen LogP contribution >= 0.6 is 12.6 Å². The van der Waals surface area contributed by atoms with E-state index in [9.17, 15) is 19.1 Å². The van der Waals surface area contributed by atoms with Crippen molar-refractivity contribution in [3.63, 3.8) is 0 Å². The van der Waals surface area contributed by atoms with Gasteiger partial charge >= 0.3 is 12.1 Å². The number of ether oxygens (including phenoxy) is 2. The average molecular weight is 436 g/mol. The van der Waals surface area contributed by atoms with Crippen molar-refractivity contribution in [1.29, 1.82) is 0 Å². The highest BCUT2D eigenvalue weighted by Crippen LogP contribution is 2.40. The van der Waals surface area contributed by atoms with Crippen LogP contribution in [0.4, 0.5) is 14.9 Å². The van der Waals surface area contributed by atoms with Crippen molar-refractivity contribution >= 4 is 30.4 Å². The number of rotatable bonds is 8. The van der Waals surface area contributed by atoms with E-state index in [1.54, 1.807) is 12.1 Å². The molecule has 0 radical (unpaired) electrons. The molecule has 30 heavy (non-hydrogen) atoms. The van der Waals surface area contributed by atoms with Gasteiger partial charge in [-0.05, 0) is 43.2 Å². The molecule has 0 heterocycles. The second-order valence-electron chi connectivity index (χ2n) is 7.60. The SMILES string of the molecule is Cc1ccc(NC(=O)O[C@H](c2ccc(O)c(F)c2)C(C)(C)CCOC(=O)CS)cc1. The van der Waals surface area contributed by atoms with E-state index < -0.39 is 35.1 Å². The van der Waals surface area contributed by atoms with Crippen molar-refractivity contribution in [2.45, 2.75) is 33.3 Å². The quantitative estimate of drug-likeness (QED) is 0.401. The number of amides is 1. The summed E-state index contributed by atoms with van der Waals surface area (Å²) >= 11 is 3.86. The maximum atomic E-state index is 14.0. The van der Waals surface area contributed by atoms with Gasteiger partial charge in [-0.15, -0.1) is 0 Å². The van der Waals surface area contributed by atoms with Gasteiger partial charge in [0.25, 0.3) is 0 Å². The van der Waals surface area contributed by atoms with Crippen molar-refractivity contribution in [3.05, 3.63) is 59.4 Å². The molecule has 1 atom stereocenters. The Morgan fingerprint density at radius 3 is 2.47 bits per heavy atom. The fourth-order valence-electron chi connectivity index (χ4n) is 2.86. The van der Waals surface area contributed by atoms with Gasteiger partial charge in [-0.2, -0.15) is 12.6 Å². The third kappa shape index (κ3) is 6.66. The summed E-state index contributed by atoms with van der Waals surface area (Å²) in [6.07, 6.45) is -1.23. The summed E-state index contributed by atoms with van der Waals surface area (Å²) in [5.41, 5.74) is 1.25. The van der Waals surface area contributed by atoms with E-state index in [1.807, 2.05) is 32.9 Å². The lowest BCUT2D eigenvalue weighted by atomic mass is 9.80. The van der Waals surface area contributed by atoms with Gasteiger partial charge in [-0.3, -0.25) is 10.1 Å². The van der Waals surface area contributed by atoms with E-state index >= 15 is 0 Å². The van der Waals surface area contributed by atoms with Crippen LogP contribution in [0.5, 0.6) is 5.75 Å². The van der Waals surface area contributed by atoms with Crippen LogP contribution in [0, 0.1) is 18.2 Å². The lowest BCUT2D eigenvalue weighted by molar-refractivity contribution is -0.141. The molecule has 0 aliphatic heterocycles. The number of phenols is 1. The molecule has 162 valence electrons. The van der Waals surface area contributed by atoms with Gasteiger partial charge in [0.2, 0.25) is 0 Å². The van der Waals surface area contributed by atoms with Gasteiger partial charge in [0.15, 0.2) is 11.6 Å². The van der Waals surface area contributed by atoms with E-state index in [0.717, 1.165) is 11.6 Å². The van der Waals surface area contributed by atoms with Crippen LogP contribution in [0.1, 0.15) is 37.5 Å². The van der Waals surface area contributed by atoms with Crippen LogP contribution < -0.4 is 5.32 Å². The number of aryl methyl sites for hydroxylation is 1. The van der Waals surface area contributed by atoms with Crippen LogP contribution in [0.2, 0.25) is 0 Å². The number of aromatic hydroxyl groups is 1. The Morgan fingerprint density at radius 2 is 1.87 bits per heavy atom. The Morgan fingerprint density at radius 1 is 1.20 bits per heavy atom. The number of esters is 1. The van der Waals surface area contributed by atoms with Crippen LogP contribution in [0.3, 0.4) is 0 Å². The fraction of sp³-hybridized carbons (Fsp3) is 0.364. The Kier molecular flexibility index (Phi) is 8.11.